The summed E-state index contributed by atoms with van der Waals surface area (Å²) >= 11 is 0. The van der Waals surface area contributed by atoms with E-state index >= 15 is 0 Å². The van der Waals surface area contributed by atoms with Crippen LogP contribution in [0.2, 0.25) is 0 Å². The Labute approximate surface area is 594 Å². The van der Waals surface area contributed by atoms with Gasteiger partial charge in [-0.3, -0.25) is 37.3 Å². The summed E-state index contributed by atoms with van der Waals surface area (Å²) in [6, 6.07) is 0. The number of carbonyl (C=O) groups is 4. The van der Waals surface area contributed by atoms with E-state index in [9.17, 15) is 43.2 Å². The number of rotatable bonds is 71. The maximum absolute atomic E-state index is 13.1. The van der Waals surface area contributed by atoms with Crippen LogP contribution >= 0.6 is 15.6 Å². The van der Waals surface area contributed by atoms with Gasteiger partial charge in [0.05, 0.1) is 26.4 Å². The summed E-state index contributed by atoms with van der Waals surface area (Å²) in [5.41, 5.74) is 0. The second-order valence-electron chi connectivity index (χ2n) is 25.2. The maximum Gasteiger partial charge on any atom is 0.472 e. The molecule has 0 aromatic rings. The predicted molar refractivity (Wildman–Crippen MR) is 399 cm³/mol. The third-order valence-electron chi connectivity index (χ3n) is 15.7. The molecule has 3 N–H and O–H groups in total. The molecule has 19 heteroatoms. The molecule has 98 heavy (non-hydrogen) atoms. The standard InChI is InChI=1S/C79H136O17P2/c1-5-9-13-17-21-25-29-32-34-36-38-41-44-47-51-55-59-63-76(81)89-69-74(95-78(83)65-61-57-53-49-43-28-24-20-16-12-8-4)71-93-97(85,86)91-67-73(80)68-92-98(87,88)94-72-75(96-79(84)66-62-58-54-50-46-40-31-27-23-19-15-11-7-3)70-90-77(82)64-60-56-52-48-45-42-39-37-35-33-30-26-22-18-14-10-6-2/h9-10,13-14,20-22,24-26,32-35,38,41,47,51,73-75,80H,5-8,11-12,15-19,23,27-31,36-37,39-40,42-46,48-50,52-72H2,1-4H3,(H,85,86)(H,87,88)/b13-9-,14-10-,24-20-,25-21-,26-22-,34-32-,35-33-,41-38-,51-47-. The van der Waals surface area contributed by atoms with Crippen LogP contribution in [-0.4, -0.2) is 96.7 Å². The molecule has 0 fully saturated rings. The van der Waals surface area contributed by atoms with Crippen LogP contribution in [0.5, 0.6) is 0 Å². The Kier molecular flexibility index (Phi) is 68.0. The highest BCUT2D eigenvalue weighted by molar-refractivity contribution is 7.47. The van der Waals surface area contributed by atoms with Crippen LogP contribution in [0, 0.1) is 0 Å². The summed E-state index contributed by atoms with van der Waals surface area (Å²) < 4.78 is 68.4. The third kappa shape index (κ3) is 70.2. The van der Waals surface area contributed by atoms with E-state index < -0.39 is 97.5 Å². The Morgan fingerprint density at radius 1 is 0.296 bits per heavy atom. The highest BCUT2D eigenvalue weighted by Crippen LogP contribution is 2.45. The van der Waals surface area contributed by atoms with E-state index in [2.05, 4.69) is 125 Å². The van der Waals surface area contributed by atoms with Gasteiger partial charge in [0.25, 0.3) is 0 Å². The molecule has 0 amide bonds. The van der Waals surface area contributed by atoms with Crippen molar-refractivity contribution in [2.75, 3.05) is 39.6 Å². The summed E-state index contributed by atoms with van der Waals surface area (Å²) in [4.78, 5) is 72.8. The zero-order chi connectivity index (χ0) is 71.8. The van der Waals surface area contributed by atoms with Crippen LogP contribution < -0.4 is 0 Å². The van der Waals surface area contributed by atoms with Gasteiger partial charge in [-0.1, -0.05) is 278 Å². The van der Waals surface area contributed by atoms with E-state index in [0.717, 1.165) is 161 Å². The molecule has 0 aliphatic rings. The van der Waals surface area contributed by atoms with Gasteiger partial charge < -0.3 is 33.8 Å². The van der Waals surface area contributed by atoms with Gasteiger partial charge in [0.2, 0.25) is 0 Å². The summed E-state index contributed by atoms with van der Waals surface area (Å²) in [6.07, 6.45) is 75.2. The van der Waals surface area contributed by atoms with E-state index in [0.29, 0.717) is 32.1 Å². The Balaban J connectivity index is 5.35. The SMILES string of the molecule is CC/C=C\C/C=C\C/C=C\C/C=C\C/C=C\CCCC(=O)OCC(COP(=O)(O)OCC(O)COP(=O)(O)OCC(COC(=O)CCCCCCCCC/C=C\C/C=C\C/C=C\CC)OC(=O)CCCCCCCCCCCCCCC)OC(=O)CCCCCCC/C=C\CCCC. The zero-order valence-corrected chi connectivity index (χ0v) is 63.2. The number of carbonyl (C=O) groups excluding carboxylic acids is 4. The number of aliphatic hydroxyl groups excluding tert-OH is 1. The van der Waals surface area contributed by atoms with Gasteiger partial charge in [-0.15, -0.1) is 0 Å². The minimum atomic E-state index is -4.98. The largest absolute Gasteiger partial charge is 0.472 e. The first kappa shape index (κ1) is 93.7. The lowest BCUT2D eigenvalue weighted by molar-refractivity contribution is -0.161. The van der Waals surface area contributed by atoms with Crippen molar-refractivity contribution >= 4 is 39.5 Å². The monoisotopic (exact) mass is 1420 g/mol. The molecular formula is C79H136O17P2. The molecule has 0 aromatic heterocycles. The lowest BCUT2D eigenvalue weighted by atomic mass is 10.0. The Morgan fingerprint density at radius 2 is 0.551 bits per heavy atom. The fraction of sp³-hybridized carbons (Fsp3) is 0.722. The van der Waals surface area contributed by atoms with Crippen LogP contribution in [0.25, 0.3) is 0 Å². The number of unbranched alkanes of at least 4 members (excludes halogenated alkanes) is 27. The Bertz CT molecular complexity index is 2290. The van der Waals surface area contributed by atoms with Crippen LogP contribution in [0.15, 0.2) is 109 Å². The van der Waals surface area contributed by atoms with Gasteiger partial charge in [0.1, 0.15) is 19.3 Å². The smallest absolute Gasteiger partial charge is 0.462 e. The molecule has 0 aliphatic carbocycles. The average Bonchev–Trinajstić information content (AvgIpc) is 0.985. The Hall–Kier alpha value is -4.28. The van der Waals surface area contributed by atoms with Gasteiger partial charge in [-0.2, -0.15) is 0 Å². The number of aliphatic hydroxyl groups is 1. The lowest BCUT2D eigenvalue weighted by Gasteiger charge is -2.21. The molecule has 0 bridgehead atoms. The van der Waals surface area contributed by atoms with Crippen molar-refractivity contribution in [1.82, 2.24) is 0 Å². The van der Waals surface area contributed by atoms with Crippen LogP contribution in [0.4, 0.5) is 0 Å². The lowest BCUT2D eigenvalue weighted by Crippen LogP contribution is -2.30. The number of ether oxygens (including phenoxy) is 4. The quantitative estimate of drug-likeness (QED) is 0.0169. The molecule has 0 aliphatic heterocycles. The highest BCUT2D eigenvalue weighted by atomic mass is 31.2. The van der Waals surface area contributed by atoms with Gasteiger partial charge in [0, 0.05) is 25.7 Å². The number of phosphoric acid groups is 2. The molecule has 0 radical (unpaired) electrons. The maximum atomic E-state index is 13.1. The minimum Gasteiger partial charge on any atom is -0.462 e. The van der Waals surface area contributed by atoms with Gasteiger partial charge >= 0.3 is 39.5 Å². The fourth-order valence-electron chi connectivity index (χ4n) is 9.96. The predicted octanol–water partition coefficient (Wildman–Crippen LogP) is 21.8. The van der Waals surface area contributed by atoms with E-state index in [4.69, 9.17) is 37.0 Å². The van der Waals surface area contributed by atoms with Crippen molar-refractivity contribution < 1.29 is 80.2 Å². The highest BCUT2D eigenvalue weighted by Gasteiger charge is 2.30. The number of phosphoric ester groups is 2. The molecular weight excluding hydrogens is 1280 g/mol. The molecule has 5 atom stereocenters. The van der Waals surface area contributed by atoms with Crippen molar-refractivity contribution in [2.24, 2.45) is 0 Å². The second kappa shape index (κ2) is 71.1. The molecule has 0 heterocycles. The summed E-state index contributed by atoms with van der Waals surface area (Å²) in [5, 5.41) is 10.6. The number of esters is 4. The third-order valence-corrected chi connectivity index (χ3v) is 17.6. The topological polar surface area (TPSA) is 237 Å². The molecule has 0 saturated heterocycles. The van der Waals surface area contributed by atoms with Crippen LogP contribution in [0.3, 0.4) is 0 Å². The summed E-state index contributed by atoms with van der Waals surface area (Å²) in [6.45, 7) is 4.54. The first-order valence-corrected chi connectivity index (χ1v) is 41.1. The summed E-state index contributed by atoms with van der Waals surface area (Å²) in [5.74, 6) is -2.25. The van der Waals surface area contributed by atoms with Crippen molar-refractivity contribution in [2.45, 2.75) is 329 Å². The number of allylic oxidation sites excluding steroid dienone is 18. The van der Waals surface area contributed by atoms with Gasteiger partial charge in [-0.05, 0) is 116 Å². The summed E-state index contributed by atoms with van der Waals surface area (Å²) in [7, 11) is -9.96. The van der Waals surface area contributed by atoms with Crippen LogP contribution in [-0.2, 0) is 65.4 Å². The van der Waals surface area contributed by atoms with Crippen molar-refractivity contribution in [1.29, 1.82) is 0 Å². The normalized spacial score (nSPS) is 14.6. The molecule has 0 saturated carbocycles. The molecule has 5 unspecified atom stereocenters. The molecule has 0 aromatic carbocycles. The Morgan fingerprint density at radius 3 is 0.898 bits per heavy atom. The number of hydrogen-bond acceptors (Lipinski definition) is 15. The van der Waals surface area contributed by atoms with E-state index in [1.807, 2.05) is 12.2 Å². The minimum absolute atomic E-state index is 0.0715. The molecule has 17 nitrogen and oxygen atoms in total. The van der Waals surface area contributed by atoms with Crippen molar-refractivity contribution in [3.63, 3.8) is 0 Å². The van der Waals surface area contributed by atoms with Gasteiger partial charge in [-0.25, -0.2) is 9.13 Å². The first-order chi connectivity index (χ1) is 47.7. The van der Waals surface area contributed by atoms with Gasteiger partial charge in [0.15, 0.2) is 12.2 Å². The molecule has 0 rings (SSSR count). The second-order valence-corrected chi connectivity index (χ2v) is 28.1. The van der Waals surface area contributed by atoms with Crippen LogP contribution in [0.1, 0.15) is 310 Å². The van der Waals surface area contributed by atoms with E-state index in [1.165, 1.54) is 64.2 Å². The zero-order valence-electron chi connectivity index (χ0n) is 61.4. The van der Waals surface area contributed by atoms with Crippen molar-refractivity contribution in [3.05, 3.63) is 109 Å². The number of hydrogen-bond donors (Lipinski definition) is 3. The van der Waals surface area contributed by atoms with E-state index in [1.54, 1.807) is 0 Å². The fourth-order valence-corrected chi connectivity index (χ4v) is 11.5. The first-order valence-electron chi connectivity index (χ1n) is 38.1. The van der Waals surface area contributed by atoms with Crippen molar-refractivity contribution in [3.8, 4) is 0 Å². The molecule has 564 valence electrons. The van der Waals surface area contributed by atoms with E-state index in [-0.39, 0.29) is 25.7 Å². The molecule has 0 spiro atoms. The average molecular weight is 1420 g/mol.